The van der Waals surface area contributed by atoms with Crippen molar-refractivity contribution in [2.45, 2.75) is 48.8 Å². The number of hydrogen-bond acceptors (Lipinski definition) is 7. The van der Waals surface area contributed by atoms with Gasteiger partial charge in [0.15, 0.2) is 23.4 Å². The van der Waals surface area contributed by atoms with Gasteiger partial charge in [0.25, 0.3) is 0 Å². The van der Waals surface area contributed by atoms with Gasteiger partial charge in [-0.05, 0) is 36.5 Å². The third-order valence-corrected chi connectivity index (χ3v) is 7.50. The van der Waals surface area contributed by atoms with Crippen LogP contribution in [0.15, 0.2) is 23.8 Å². The Kier molecular flexibility index (Phi) is 3.05. The average Bonchev–Trinajstić information content (AvgIpc) is 3.23. The minimum atomic E-state index is -1.11. The molecule has 7 nitrogen and oxygen atoms in total. The molecule has 2 N–H and O–H groups in total. The van der Waals surface area contributed by atoms with E-state index in [1.54, 1.807) is 6.07 Å². The lowest BCUT2D eigenvalue weighted by atomic mass is 9.49. The van der Waals surface area contributed by atoms with E-state index >= 15 is 0 Å². The van der Waals surface area contributed by atoms with Gasteiger partial charge in [-0.15, -0.1) is 0 Å². The van der Waals surface area contributed by atoms with E-state index in [0.717, 1.165) is 16.7 Å². The number of aliphatic hydroxyl groups is 1. The number of carbonyl (C=O) groups excluding carboxylic acids is 2. The summed E-state index contributed by atoms with van der Waals surface area (Å²) in [5.74, 6) is 0.0903. The van der Waals surface area contributed by atoms with Crippen molar-refractivity contribution >= 4 is 11.8 Å². The van der Waals surface area contributed by atoms with E-state index in [0.29, 0.717) is 44.7 Å². The number of likely N-dealkylation sites (tertiary alicyclic amines) is 1. The number of nitrogens with zero attached hydrogens (tertiary/aromatic N) is 1. The number of carbonyl (C=O) groups is 2. The van der Waals surface area contributed by atoms with Crippen LogP contribution in [0.3, 0.4) is 0 Å². The summed E-state index contributed by atoms with van der Waals surface area (Å²) in [6.45, 7) is 1.54. The normalized spacial score (nSPS) is 38.0. The lowest BCUT2D eigenvalue weighted by Crippen LogP contribution is -2.76. The maximum Gasteiger partial charge on any atom is 0.331 e. The quantitative estimate of drug-likeness (QED) is 0.722. The number of piperidine rings is 1. The predicted octanol–water partition coefficient (Wildman–Crippen LogP) is 0.599. The van der Waals surface area contributed by atoms with Gasteiger partial charge in [-0.2, -0.15) is 0 Å². The van der Waals surface area contributed by atoms with E-state index in [9.17, 15) is 19.8 Å². The van der Waals surface area contributed by atoms with Crippen molar-refractivity contribution in [3.63, 3.8) is 0 Å². The number of cyclic esters (lactones) is 1. The minimum absolute atomic E-state index is 0.00202. The van der Waals surface area contributed by atoms with Crippen LogP contribution < -0.4 is 4.74 Å². The van der Waals surface area contributed by atoms with Crippen LogP contribution in [0.2, 0.25) is 0 Å². The molecule has 5 aliphatic rings. The van der Waals surface area contributed by atoms with Crippen LogP contribution in [0.5, 0.6) is 11.5 Å². The van der Waals surface area contributed by atoms with Gasteiger partial charge in [-0.1, -0.05) is 6.07 Å². The van der Waals surface area contributed by atoms with E-state index in [1.165, 1.54) is 6.08 Å². The highest BCUT2D eigenvalue weighted by Gasteiger charge is 2.73. The third kappa shape index (κ3) is 1.77. The first kappa shape index (κ1) is 16.6. The van der Waals surface area contributed by atoms with Crippen LogP contribution in [0, 0.1) is 0 Å². The van der Waals surface area contributed by atoms with Crippen molar-refractivity contribution in [3.8, 4) is 11.5 Å². The van der Waals surface area contributed by atoms with Gasteiger partial charge in [0.2, 0.25) is 0 Å². The van der Waals surface area contributed by atoms with E-state index in [4.69, 9.17) is 9.47 Å². The maximum absolute atomic E-state index is 12.8. The van der Waals surface area contributed by atoms with Crippen molar-refractivity contribution in [2.75, 3.05) is 19.7 Å². The number of phenolic OH excluding ortho intramolecular Hbond substituents is 1. The molecule has 0 aromatic heterocycles. The Labute approximate surface area is 161 Å². The monoisotopic (exact) mass is 383 g/mol. The van der Waals surface area contributed by atoms with Crippen LogP contribution >= 0.6 is 0 Å². The van der Waals surface area contributed by atoms with Gasteiger partial charge in [0.1, 0.15) is 6.61 Å². The number of aromatic hydroxyl groups is 1. The second kappa shape index (κ2) is 5.15. The molecule has 4 atom stereocenters. The van der Waals surface area contributed by atoms with Gasteiger partial charge in [-0.25, -0.2) is 4.79 Å². The highest BCUT2D eigenvalue weighted by atomic mass is 16.5. The molecule has 1 saturated heterocycles. The van der Waals surface area contributed by atoms with Crippen LogP contribution in [0.1, 0.15) is 30.4 Å². The zero-order chi connectivity index (χ0) is 19.3. The lowest BCUT2D eigenvalue weighted by Gasteiger charge is -2.62. The molecule has 0 radical (unpaired) electrons. The van der Waals surface area contributed by atoms with Gasteiger partial charge >= 0.3 is 5.97 Å². The number of Topliss-reactive ketones (excluding diaryl/α,β-unsaturated/α-hetero) is 1. The van der Waals surface area contributed by atoms with Gasteiger partial charge in [0, 0.05) is 37.2 Å². The highest BCUT2D eigenvalue weighted by Crippen LogP contribution is 2.64. The fraction of sp³-hybridized carbons (Fsp3) is 0.524. The number of hydrogen-bond donors (Lipinski definition) is 2. The molecule has 3 heterocycles. The van der Waals surface area contributed by atoms with Crippen LogP contribution in [0.4, 0.5) is 0 Å². The lowest BCUT2D eigenvalue weighted by molar-refractivity contribution is -0.187. The Morgan fingerprint density at radius 2 is 2.11 bits per heavy atom. The summed E-state index contributed by atoms with van der Waals surface area (Å²) in [7, 11) is 0. The van der Waals surface area contributed by atoms with Crippen molar-refractivity contribution in [2.24, 2.45) is 0 Å². The number of phenols is 1. The molecule has 0 amide bonds. The number of esters is 1. The van der Waals surface area contributed by atoms with Crippen molar-refractivity contribution in [1.29, 1.82) is 0 Å². The Morgan fingerprint density at radius 1 is 1.25 bits per heavy atom. The summed E-state index contributed by atoms with van der Waals surface area (Å²) in [4.78, 5) is 26.4. The molecular formula is C21H21NO6. The number of ketones is 1. The van der Waals surface area contributed by atoms with Gasteiger partial charge < -0.3 is 19.7 Å². The Hall–Kier alpha value is -2.38. The van der Waals surface area contributed by atoms with E-state index < -0.39 is 17.1 Å². The highest BCUT2D eigenvalue weighted by molar-refractivity contribution is 5.90. The standard InChI is InChI=1S/C21H21NO6/c23-13-2-1-12-8-15-21(26)4-3-14(24)19-20(21,17(12)18(13)28-19)5-6-22(15)9-11-7-16(25)27-10-11/h1-2,7,15,19,23,26H,3-6,8-10H2/t15-,19+,20+,21-/m1/s1. The fourth-order valence-corrected chi connectivity index (χ4v) is 6.37. The summed E-state index contributed by atoms with van der Waals surface area (Å²) >= 11 is 0. The Balaban J connectivity index is 1.50. The summed E-state index contributed by atoms with van der Waals surface area (Å²) < 4.78 is 11.1. The number of rotatable bonds is 2. The zero-order valence-corrected chi connectivity index (χ0v) is 15.3. The molecule has 3 aliphatic heterocycles. The first-order valence-electron chi connectivity index (χ1n) is 9.81. The molecule has 146 valence electrons. The minimum Gasteiger partial charge on any atom is -0.504 e. The average molecular weight is 383 g/mol. The van der Waals surface area contributed by atoms with E-state index in [1.807, 2.05) is 6.07 Å². The molecule has 1 aromatic carbocycles. The largest absolute Gasteiger partial charge is 0.504 e. The SMILES string of the molecule is O=C1C=C(CN2CC[C@]34c5c6ccc(O)c5O[C@H]3C(=O)CC[C@@]4(O)[C@H]2C6)CO1. The number of benzene rings is 1. The van der Waals surface area contributed by atoms with Crippen molar-refractivity contribution in [3.05, 3.63) is 34.9 Å². The second-order valence-corrected chi connectivity index (χ2v) is 8.66. The third-order valence-electron chi connectivity index (χ3n) is 7.50. The summed E-state index contributed by atoms with van der Waals surface area (Å²) in [6.07, 6.45) is 2.63. The number of ether oxygens (including phenoxy) is 2. The second-order valence-electron chi connectivity index (χ2n) is 8.66. The molecule has 1 spiro atoms. The molecule has 1 aromatic rings. The topological polar surface area (TPSA) is 96.3 Å². The van der Waals surface area contributed by atoms with Crippen LogP contribution in [0.25, 0.3) is 0 Å². The molecule has 1 saturated carbocycles. The molecule has 0 unspecified atom stereocenters. The van der Waals surface area contributed by atoms with E-state index in [-0.39, 0.29) is 30.0 Å². The Morgan fingerprint density at radius 3 is 2.89 bits per heavy atom. The summed E-state index contributed by atoms with van der Waals surface area (Å²) in [5.41, 5.74) is 0.856. The zero-order valence-electron chi connectivity index (χ0n) is 15.3. The first-order valence-corrected chi connectivity index (χ1v) is 9.81. The molecule has 28 heavy (non-hydrogen) atoms. The predicted molar refractivity (Wildman–Crippen MR) is 96.1 cm³/mol. The van der Waals surface area contributed by atoms with Crippen LogP contribution in [-0.4, -0.2) is 64.3 Å². The fourth-order valence-electron chi connectivity index (χ4n) is 6.37. The molecule has 2 fully saturated rings. The van der Waals surface area contributed by atoms with Gasteiger partial charge in [-0.3, -0.25) is 9.69 Å². The molecule has 2 aliphatic carbocycles. The molecule has 6 rings (SSSR count). The van der Waals surface area contributed by atoms with Gasteiger partial charge in [0.05, 0.1) is 11.0 Å². The first-order chi connectivity index (χ1) is 13.4. The smallest absolute Gasteiger partial charge is 0.331 e. The van der Waals surface area contributed by atoms with Crippen LogP contribution in [-0.2, 0) is 26.2 Å². The van der Waals surface area contributed by atoms with Crippen molar-refractivity contribution in [1.82, 2.24) is 4.90 Å². The molecule has 7 heteroatoms. The Bertz CT molecular complexity index is 970. The summed E-state index contributed by atoms with van der Waals surface area (Å²) in [5, 5.41) is 22.4. The summed E-state index contributed by atoms with van der Waals surface area (Å²) in [6, 6.07) is 3.32. The molecule has 2 bridgehead atoms. The van der Waals surface area contributed by atoms with E-state index in [2.05, 4.69) is 4.90 Å². The maximum atomic E-state index is 12.8. The van der Waals surface area contributed by atoms with Crippen molar-refractivity contribution < 1.29 is 29.3 Å². The molecular weight excluding hydrogens is 362 g/mol.